The van der Waals surface area contributed by atoms with E-state index in [0.717, 1.165) is 0 Å². The van der Waals surface area contributed by atoms with Crippen LogP contribution in [0.4, 0.5) is 0 Å². The maximum Gasteiger partial charge on any atom is 0.162 e. The average molecular weight is 228 g/mol. The van der Waals surface area contributed by atoms with E-state index in [1.807, 2.05) is 0 Å². The van der Waals surface area contributed by atoms with Gasteiger partial charge in [0.05, 0.1) is 5.02 Å². The number of ketones is 1. The number of rotatable bonds is 3. The SMILES string of the molecule is CCC(=O)c1ccc(C(N)=S)c(Cl)c1. The van der Waals surface area contributed by atoms with Crippen molar-refractivity contribution in [3.8, 4) is 0 Å². The van der Waals surface area contributed by atoms with Gasteiger partial charge in [0.25, 0.3) is 0 Å². The Morgan fingerprint density at radius 3 is 2.64 bits per heavy atom. The lowest BCUT2D eigenvalue weighted by Gasteiger charge is -2.03. The zero-order valence-corrected chi connectivity index (χ0v) is 9.28. The van der Waals surface area contributed by atoms with Gasteiger partial charge in [-0.1, -0.05) is 36.8 Å². The molecule has 4 heteroatoms. The van der Waals surface area contributed by atoms with Crippen LogP contribution in [0, 0.1) is 0 Å². The molecule has 0 aromatic heterocycles. The third-order valence-electron chi connectivity index (χ3n) is 1.88. The van der Waals surface area contributed by atoms with Crippen LogP contribution in [0.2, 0.25) is 5.02 Å². The highest BCUT2D eigenvalue weighted by Crippen LogP contribution is 2.18. The largest absolute Gasteiger partial charge is 0.389 e. The minimum absolute atomic E-state index is 0.0568. The second-order valence-electron chi connectivity index (χ2n) is 2.84. The number of hydrogen-bond acceptors (Lipinski definition) is 2. The van der Waals surface area contributed by atoms with Crippen molar-refractivity contribution in [2.75, 3.05) is 0 Å². The Morgan fingerprint density at radius 2 is 2.21 bits per heavy atom. The summed E-state index contributed by atoms with van der Waals surface area (Å²) in [7, 11) is 0. The first-order chi connectivity index (χ1) is 6.56. The molecule has 0 unspecified atom stereocenters. The Bertz CT molecular complexity index is 390. The number of thiocarbonyl (C=S) groups is 1. The molecule has 1 aromatic rings. The van der Waals surface area contributed by atoms with Crippen LogP contribution in [0.3, 0.4) is 0 Å². The van der Waals surface area contributed by atoms with Crippen LogP contribution in [0.1, 0.15) is 29.3 Å². The molecule has 0 aliphatic rings. The van der Waals surface area contributed by atoms with Crippen LogP contribution >= 0.6 is 23.8 Å². The Morgan fingerprint density at radius 1 is 1.57 bits per heavy atom. The Labute approximate surface area is 93.1 Å². The molecule has 0 aliphatic heterocycles. The molecule has 14 heavy (non-hydrogen) atoms. The number of Topliss-reactive ketones (excluding diaryl/α,β-unsaturated/α-hetero) is 1. The summed E-state index contributed by atoms with van der Waals surface area (Å²) in [6, 6.07) is 4.96. The number of carbonyl (C=O) groups is 1. The number of nitrogens with two attached hydrogens (primary N) is 1. The molecule has 0 saturated carbocycles. The topological polar surface area (TPSA) is 43.1 Å². The lowest BCUT2D eigenvalue weighted by molar-refractivity contribution is 0.0988. The maximum atomic E-state index is 11.3. The predicted molar refractivity (Wildman–Crippen MR) is 62.0 cm³/mol. The smallest absolute Gasteiger partial charge is 0.162 e. The van der Waals surface area contributed by atoms with Gasteiger partial charge in [-0.3, -0.25) is 4.79 Å². The van der Waals surface area contributed by atoms with Crippen molar-refractivity contribution in [1.29, 1.82) is 0 Å². The van der Waals surface area contributed by atoms with Crippen molar-refractivity contribution < 1.29 is 4.79 Å². The van der Waals surface area contributed by atoms with E-state index < -0.39 is 0 Å². The first kappa shape index (κ1) is 11.1. The molecule has 2 N–H and O–H groups in total. The molecule has 0 radical (unpaired) electrons. The fourth-order valence-corrected chi connectivity index (χ4v) is 1.61. The molecule has 0 amide bonds. The summed E-state index contributed by atoms with van der Waals surface area (Å²) in [5.41, 5.74) is 6.64. The van der Waals surface area contributed by atoms with Gasteiger partial charge in [-0.25, -0.2) is 0 Å². The molecular formula is C10H10ClNOS. The lowest BCUT2D eigenvalue weighted by Crippen LogP contribution is -2.10. The first-order valence-electron chi connectivity index (χ1n) is 4.18. The van der Waals surface area contributed by atoms with Crippen molar-refractivity contribution in [2.24, 2.45) is 5.73 Å². The quantitative estimate of drug-likeness (QED) is 0.638. The minimum atomic E-state index is 0.0568. The molecule has 0 aliphatic carbocycles. The summed E-state index contributed by atoms with van der Waals surface area (Å²) < 4.78 is 0. The van der Waals surface area contributed by atoms with E-state index in [1.54, 1.807) is 25.1 Å². The average Bonchev–Trinajstić information content (AvgIpc) is 2.15. The predicted octanol–water partition coefficient (Wildman–Crippen LogP) is 2.57. The number of hydrogen-bond donors (Lipinski definition) is 1. The molecule has 0 fully saturated rings. The van der Waals surface area contributed by atoms with Gasteiger partial charge < -0.3 is 5.73 Å². The minimum Gasteiger partial charge on any atom is -0.389 e. The first-order valence-corrected chi connectivity index (χ1v) is 4.97. The summed E-state index contributed by atoms with van der Waals surface area (Å²) in [5.74, 6) is 0.0568. The fourth-order valence-electron chi connectivity index (χ4n) is 1.09. The molecule has 0 saturated heterocycles. The van der Waals surface area contributed by atoms with Gasteiger partial charge in [0, 0.05) is 17.5 Å². The summed E-state index contributed by atoms with van der Waals surface area (Å²) in [6.07, 6.45) is 0.461. The van der Waals surface area contributed by atoms with Crippen LogP contribution in [0.25, 0.3) is 0 Å². The van der Waals surface area contributed by atoms with E-state index in [4.69, 9.17) is 29.6 Å². The van der Waals surface area contributed by atoms with E-state index in [0.29, 0.717) is 22.6 Å². The molecule has 74 valence electrons. The number of benzene rings is 1. The highest BCUT2D eigenvalue weighted by molar-refractivity contribution is 7.80. The highest BCUT2D eigenvalue weighted by Gasteiger charge is 2.08. The van der Waals surface area contributed by atoms with Gasteiger partial charge in [-0.05, 0) is 12.1 Å². The van der Waals surface area contributed by atoms with E-state index in [9.17, 15) is 4.79 Å². The van der Waals surface area contributed by atoms with Gasteiger partial charge >= 0.3 is 0 Å². The molecule has 2 nitrogen and oxygen atoms in total. The number of carbonyl (C=O) groups excluding carboxylic acids is 1. The van der Waals surface area contributed by atoms with Gasteiger partial charge in [0.15, 0.2) is 5.78 Å². The van der Waals surface area contributed by atoms with Crippen LogP contribution in [0.15, 0.2) is 18.2 Å². The highest BCUT2D eigenvalue weighted by atomic mass is 35.5. The monoisotopic (exact) mass is 227 g/mol. The van der Waals surface area contributed by atoms with Gasteiger partial charge in [0.1, 0.15) is 4.99 Å². The molecule has 0 bridgehead atoms. The molecule has 1 rings (SSSR count). The molecule has 0 atom stereocenters. The van der Waals surface area contributed by atoms with Gasteiger partial charge in [-0.2, -0.15) is 0 Å². The van der Waals surface area contributed by atoms with E-state index in [2.05, 4.69) is 0 Å². The molecule has 0 spiro atoms. The second kappa shape index (κ2) is 4.53. The summed E-state index contributed by atoms with van der Waals surface area (Å²) >= 11 is 10.7. The van der Waals surface area contributed by atoms with E-state index >= 15 is 0 Å². The summed E-state index contributed by atoms with van der Waals surface area (Å²) in [5, 5.41) is 0.428. The van der Waals surface area contributed by atoms with Crippen molar-refractivity contribution in [3.63, 3.8) is 0 Å². The standard InChI is InChI=1S/C10H10ClNOS/c1-2-9(13)6-3-4-7(10(12)14)8(11)5-6/h3-5H,2H2,1H3,(H2,12,14). The van der Waals surface area contributed by atoms with Crippen LogP contribution in [-0.4, -0.2) is 10.8 Å². The molecular weight excluding hydrogens is 218 g/mol. The summed E-state index contributed by atoms with van der Waals surface area (Å²) in [4.78, 5) is 11.6. The van der Waals surface area contributed by atoms with Crippen molar-refractivity contribution >= 4 is 34.6 Å². The maximum absolute atomic E-state index is 11.3. The van der Waals surface area contributed by atoms with Crippen LogP contribution < -0.4 is 5.73 Å². The van der Waals surface area contributed by atoms with Crippen molar-refractivity contribution in [3.05, 3.63) is 34.3 Å². The van der Waals surface area contributed by atoms with E-state index in [-0.39, 0.29) is 10.8 Å². The normalized spacial score (nSPS) is 9.86. The third-order valence-corrected chi connectivity index (χ3v) is 2.41. The molecule has 1 aromatic carbocycles. The Hall–Kier alpha value is -0.930. The van der Waals surface area contributed by atoms with Gasteiger partial charge in [0.2, 0.25) is 0 Å². The molecule has 0 heterocycles. The van der Waals surface area contributed by atoms with Crippen molar-refractivity contribution in [2.45, 2.75) is 13.3 Å². The zero-order chi connectivity index (χ0) is 10.7. The third kappa shape index (κ3) is 2.30. The lowest BCUT2D eigenvalue weighted by atomic mass is 10.1. The van der Waals surface area contributed by atoms with Gasteiger partial charge in [-0.15, -0.1) is 0 Å². The zero-order valence-electron chi connectivity index (χ0n) is 7.71. The number of halogens is 1. The second-order valence-corrected chi connectivity index (χ2v) is 3.68. The van der Waals surface area contributed by atoms with Crippen molar-refractivity contribution in [1.82, 2.24) is 0 Å². The van der Waals surface area contributed by atoms with E-state index in [1.165, 1.54) is 0 Å². The fraction of sp³-hybridized carbons (Fsp3) is 0.200. The van der Waals surface area contributed by atoms with Crippen LogP contribution in [0.5, 0.6) is 0 Å². The Balaban J connectivity index is 3.12. The summed E-state index contributed by atoms with van der Waals surface area (Å²) in [6.45, 7) is 1.80. The van der Waals surface area contributed by atoms with Crippen LogP contribution in [-0.2, 0) is 0 Å². The Kier molecular flexibility index (Phi) is 3.61.